The lowest BCUT2D eigenvalue weighted by molar-refractivity contribution is -0.143. The first-order chi connectivity index (χ1) is 9.44. The Morgan fingerprint density at radius 2 is 2.15 bits per heavy atom. The molecule has 1 saturated carbocycles. The second-order valence-electron chi connectivity index (χ2n) is 5.01. The number of ether oxygens (including phenoxy) is 1. The van der Waals surface area contributed by atoms with E-state index in [1.807, 2.05) is 0 Å². The van der Waals surface area contributed by atoms with Gasteiger partial charge in [-0.2, -0.15) is 0 Å². The summed E-state index contributed by atoms with van der Waals surface area (Å²) < 4.78 is 5.38. The molecule has 0 unspecified atom stereocenters. The van der Waals surface area contributed by atoms with Crippen LogP contribution < -0.4 is 10.1 Å². The molecule has 0 aromatic heterocycles. The maximum atomic E-state index is 11.6. The van der Waals surface area contributed by atoms with Crippen molar-refractivity contribution in [3.8, 4) is 5.75 Å². The number of benzene rings is 1. The molecule has 0 atom stereocenters. The minimum Gasteiger partial charge on any atom is -0.483 e. The van der Waals surface area contributed by atoms with Crippen molar-refractivity contribution in [2.75, 3.05) is 13.2 Å². The van der Waals surface area contributed by atoms with Crippen LogP contribution in [-0.2, 0) is 9.59 Å². The molecular weight excluding hydrogens is 282 g/mol. The molecule has 1 fully saturated rings. The number of aliphatic carboxylic acids is 1. The lowest BCUT2D eigenvalue weighted by Gasteiger charge is -2.13. The van der Waals surface area contributed by atoms with E-state index in [0.717, 1.165) is 5.56 Å². The van der Waals surface area contributed by atoms with Gasteiger partial charge in [0.2, 0.25) is 0 Å². The van der Waals surface area contributed by atoms with Crippen LogP contribution in [0, 0.1) is 12.3 Å². The molecule has 0 aliphatic heterocycles. The molecule has 1 aliphatic carbocycles. The molecule has 6 heteroatoms. The van der Waals surface area contributed by atoms with Gasteiger partial charge in [0.25, 0.3) is 5.91 Å². The minimum atomic E-state index is -0.857. The molecule has 20 heavy (non-hydrogen) atoms. The van der Waals surface area contributed by atoms with Crippen LogP contribution >= 0.6 is 11.6 Å². The number of carbonyl (C=O) groups excluding carboxylic acids is 1. The van der Waals surface area contributed by atoms with E-state index in [4.69, 9.17) is 21.4 Å². The average Bonchev–Trinajstić information content (AvgIpc) is 3.19. The van der Waals surface area contributed by atoms with Gasteiger partial charge < -0.3 is 15.2 Å². The minimum absolute atomic E-state index is 0.152. The number of nitrogens with one attached hydrogen (secondary N) is 1. The summed E-state index contributed by atoms with van der Waals surface area (Å²) in [6.07, 6.45) is 1.22. The predicted octanol–water partition coefficient (Wildman–Crippen LogP) is 2.01. The zero-order valence-electron chi connectivity index (χ0n) is 11.1. The van der Waals surface area contributed by atoms with E-state index >= 15 is 0 Å². The Morgan fingerprint density at radius 1 is 1.45 bits per heavy atom. The van der Waals surface area contributed by atoms with Crippen molar-refractivity contribution >= 4 is 23.5 Å². The summed E-state index contributed by atoms with van der Waals surface area (Å²) in [6, 6.07) is 5.22. The third-order valence-corrected chi connectivity index (χ3v) is 3.92. The van der Waals surface area contributed by atoms with E-state index in [2.05, 4.69) is 5.32 Å². The van der Waals surface area contributed by atoms with Gasteiger partial charge in [-0.05, 0) is 31.9 Å². The van der Waals surface area contributed by atoms with Gasteiger partial charge in [0.1, 0.15) is 5.75 Å². The van der Waals surface area contributed by atoms with Crippen molar-refractivity contribution in [3.63, 3.8) is 0 Å². The number of hydrogen-bond donors (Lipinski definition) is 2. The molecule has 1 aromatic carbocycles. The van der Waals surface area contributed by atoms with Gasteiger partial charge in [-0.25, -0.2) is 0 Å². The number of halogens is 1. The Kier molecular flexibility index (Phi) is 4.18. The van der Waals surface area contributed by atoms with Gasteiger partial charge >= 0.3 is 5.97 Å². The fourth-order valence-electron chi connectivity index (χ4n) is 1.82. The standard InChI is InChI=1S/C14H16ClNO4/c1-9-10(15)3-2-4-11(9)20-7-12(17)16-8-14(5-6-14)13(18)19/h2-4H,5-8H2,1H3,(H,16,17)(H,18,19). The average molecular weight is 298 g/mol. The zero-order valence-corrected chi connectivity index (χ0v) is 11.9. The van der Waals surface area contributed by atoms with E-state index in [1.165, 1.54) is 0 Å². The molecule has 0 spiro atoms. The molecular formula is C14H16ClNO4. The third kappa shape index (κ3) is 3.22. The van der Waals surface area contributed by atoms with Crippen molar-refractivity contribution in [3.05, 3.63) is 28.8 Å². The van der Waals surface area contributed by atoms with Gasteiger partial charge in [0.05, 0.1) is 5.41 Å². The van der Waals surface area contributed by atoms with Crippen LogP contribution in [0.3, 0.4) is 0 Å². The van der Waals surface area contributed by atoms with Crippen LogP contribution in [0.25, 0.3) is 0 Å². The largest absolute Gasteiger partial charge is 0.483 e. The van der Waals surface area contributed by atoms with Crippen molar-refractivity contribution in [2.24, 2.45) is 5.41 Å². The first kappa shape index (κ1) is 14.7. The Morgan fingerprint density at radius 3 is 2.75 bits per heavy atom. The van der Waals surface area contributed by atoms with Crippen LogP contribution in [0.1, 0.15) is 18.4 Å². The molecule has 0 saturated heterocycles. The number of carboxylic acid groups (broad SMARTS) is 1. The molecule has 108 valence electrons. The maximum absolute atomic E-state index is 11.6. The van der Waals surface area contributed by atoms with Crippen LogP contribution in [-0.4, -0.2) is 30.1 Å². The predicted molar refractivity (Wildman–Crippen MR) is 74.0 cm³/mol. The van der Waals surface area contributed by atoms with Gasteiger partial charge in [0.15, 0.2) is 6.61 Å². The summed E-state index contributed by atoms with van der Waals surface area (Å²) >= 11 is 5.95. The van der Waals surface area contributed by atoms with Crippen LogP contribution in [0.4, 0.5) is 0 Å². The highest BCUT2D eigenvalue weighted by atomic mass is 35.5. The SMILES string of the molecule is Cc1c(Cl)cccc1OCC(=O)NCC1(C(=O)O)CC1. The Labute approximate surface area is 121 Å². The van der Waals surface area contributed by atoms with Crippen LogP contribution in [0.2, 0.25) is 5.02 Å². The van der Waals surface area contributed by atoms with E-state index < -0.39 is 11.4 Å². The highest BCUT2D eigenvalue weighted by molar-refractivity contribution is 6.31. The smallest absolute Gasteiger partial charge is 0.311 e. The number of rotatable bonds is 6. The monoisotopic (exact) mass is 297 g/mol. The Bertz CT molecular complexity index is 540. The Hall–Kier alpha value is -1.75. The quantitative estimate of drug-likeness (QED) is 0.842. The van der Waals surface area contributed by atoms with Gasteiger partial charge in [0, 0.05) is 17.1 Å². The van der Waals surface area contributed by atoms with Crippen molar-refractivity contribution in [1.82, 2.24) is 5.32 Å². The number of amides is 1. The van der Waals surface area contributed by atoms with E-state index in [9.17, 15) is 9.59 Å². The van der Waals surface area contributed by atoms with Crippen LogP contribution in [0.15, 0.2) is 18.2 Å². The maximum Gasteiger partial charge on any atom is 0.311 e. The molecule has 2 N–H and O–H groups in total. The van der Waals surface area contributed by atoms with Crippen molar-refractivity contribution < 1.29 is 19.4 Å². The van der Waals surface area contributed by atoms with Gasteiger partial charge in [-0.3, -0.25) is 9.59 Å². The summed E-state index contributed by atoms with van der Waals surface area (Å²) in [4.78, 5) is 22.6. The van der Waals surface area contributed by atoms with E-state index in [0.29, 0.717) is 23.6 Å². The fourth-order valence-corrected chi connectivity index (χ4v) is 1.99. The van der Waals surface area contributed by atoms with E-state index in [-0.39, 0.29) is 19.1 Å². The molecule has 5 nitrogen and oxygen atoms in total. The highest BCUT2D eigenvalue weighted by Crippen LogP contribution is 2.45. The summed E-state index contributed by atoms with van der Waals surface area (Å²) in [7, 11) is 0. The first-order valence-corrected chi connectivity index (χ1v) is 6.70. The summed E-state index contributed by atoms with van der Waals surface area (Å²) in [5.41, 5.74) is 0.00733. The number of carbonyl (C=O) groups is 2. The second kappa shape index (κ2) is 5.71. The fraction of sp³-hybridized carbons (Fsp3) is 0.429. The first-order valence-electron chi connectivity index (χ1n) is 6.33. The molecule has 0 radical (unpaired) electrons. The number of hydrogen-bond acceptors (Lipinski definition) is 3. The summed E-state index contributed by atoms with van der Waals surface area (Å²) in [5, 5.41) is 12.2. The third-order valence-electron chi connectivity index (χ3n) is 3.51. The molecule has 2 rings (SSSR count). The molecule has 1 amide bonds. The van der Waals surface area contributed by atoms with E-state index in [1.54, 1.807) is 25.1 Å². The summed E-state index contributed by atoms with van der Waals surface area (Å²) in [6.45, 7) is 1.80. The lowest BCUT2D eigenvalue weighted by atomic mass is 10.1. The zero-order chi connectivity index (χ0) is 14.8. The van der Waals surface area contributed by atoms with Gasteiger partial charge in [-0.1, -0.05) is 17.7 Å². The van der Waals surface area contributed by atoms with Gasteiger partial charge in [-0.15, -0.1) is 0 Å². The lowest BCUT2D eigenvalue weighted by Crippen LogP contribution is -2.36. The molecule has 0 bridgehead atoms. The number of carboxylic acids is 1. The molecule has 1 aliphatic rings. The Balaban J connectivity index is 1.81. The second-order valence-corrected chi connectivity index (χ2v) is 5.42. The molecule has 0 heterocycles. The highest BCUT2D eigenvalue weighted by Gasteiger charge is 2.50. The summed E-state index contributed by atoms with van der Waals surface area (Å²) in [5.74, 6) is -0.645. The molecule has 1 aromatic rings. The normalized spacial score (nSPS) is 15.5. The van der Waals surface area contributed by atoms with Crippen LogP contribution in [0.5, 0.6) is 5.75 Å². The van der Waals surface area contributed by atoms with Crippen molar-refractivity contribution in [2.45, 2.75) is 19.8 Å². The van der Waals surface area contributed by atoms with Crippen molar-refractivity contribution in [1.29, 1.82) is 0 Å². The topological polar surface area (TPSA) is 75.6 Å².